The molecular formula is C23H25F17S. The first-order valence-corrected chi connectivity index (χ1v) is 13.0. The normalized spacial score (nSPS) is 15.0. The molecule has 1 aromatic heterocycles. The fraction of sp³-hybridized carbons (Fsp3) is 0.826. The molecule has 1 aromatic rings. The predicted octanol–water partition coefficient (Wildman–Crippen LogP) is 11.2. The third-order valence-corrected chi connectivity index (χ3v) is 7.06. The topological polar surface area (TPSA) is 0 Å². The van der Waals surface area contributed by atoms with Gasteiger partial charge >= 0.3 is 47.6 Å². The maximum absolute atomic E-state index is 13.9. The molecule has 0 atom stereocenters. The Labute approximate surface area is 227 Å². The molecule has 0 aliphatic rings. The van der Waals surface area contributed by atoms with E-state index >= 15 is 0 Å². The Morgan fingerprint density at radius 1 is 0.439 bits per heavy atom. The van der Waals surface area contributed by atoms with Crippen LogP contribution in [0.2, 0.25) is 0 Å². The van der Waals surface area contributed by atoms with E-state index in [1.807, 2.05) is 16.8 Å². The van der Waals surface area contributed by atoms with Crippen LogP contribution in [-0.4, -0.2) is 47.6 Å². The van der Waals surface area contributed by atoms with Crippen molar-refractivity contribution in [2.24, 2.45) is 0 Å². The van der Waals surface area contributed by atoms with Crippen molar-refractivity contribution < 1.29 is 74.6 Å². The molecule has 0 saturated heterocycles. The summed E-state index contributed by atoms with van der Waals surface area (Å²) in [5, 5.41) is 3.93. The van der Waals surface area contributed by atoms with Gasteiger partial charge in [0.2, 0.25) is 0 Å². The van der Waals surface area contributed by atoms with Crippen LogP contribution >= 0.6 is 11.3 Å². The smallest absolute Gasteiger partial charge is 0.200 e. The van der Waals surface area contributed by atoms with Crippen molar-refractivity contribution in [2.75, 3.05) is 0 Å². The number of thiophene rings is 1. The molecule has 0 aliphatic carbocycles. The molecule has 1 heterocycles. The van der Waals surface area contributed by atoms with E-state index in [0.717, 1.165) is 25.7 Å². The van der Waals surface area contributed by atoms with Gasteiger partial charge in [-0.1, -0.05) is 44.9 Å². The molecule has 0 fully saturated rings. The SMILES string of the molecule is FC(F)(F)C(F)(F)C(F)(F)C(F)(F)C(F)(F)C(F)(F)C(F)(F)C(F)(F)CCCCCCCCCCCc1ccsc1. The Morgan fingerprint density at radius 2 is 0.805 bits per heavy atom. The number of halogens is 17. The Hall–Kier alpha value is -1.49. The van der Waals surface area contributed by atoms with Gasteiger partial charge < -0.3 is 0 Å². The van der Waals surface area contributed by atoms with E-state index in [-0.39, 0.29) is 12.8 Å². The first kappa shape index (κ1) is 37.5. The minimum absolute atomic E-state index is 0.0833. The van der Waals surface area contributed by atoms with E-state index in [2.05, 4.69) is 0 Å². The molecule has 41 heavy (non-hydrogen) atoms. The molecule has 0 bridgehead atoms. The van der Waals surface area contributed by atoms with Crippen molar-refractivity contribution >= 4 is 11.3 Å². The zero-order valence-electron chi connectivity index (χ0n) is 20.8. The number of unbranched alkanes of at least 4 members (excludes halogenated alkanes) is 8. The second-order valence-corrected chi connectivity index (χ2v) is 10.2. The molecule has 18 heteroatoms. The van der Waals surface area contributed by atoms with Crippen LogP contribution in [0.5, 0.6) is 0 Å². The molecule has 1 rings (SSSR count). The fourth-order valence-corrected chi connectivity index (χ4v) is 4.40. The van der Waals surface area contributed by atoms with E-state index in [1.54, 1.807) is 11.3 Å². The lowest BCUT2D eigenvalue weighted by molar-refractivity contribution is -0.461. The van der Waals surface area contributed by atoms with Crippen molar-refractivity contribution in [3.63, 3.8) is 0 Å². The maximum Gasteiger partial charge on any atom is 0.460 e. The zero-order valence-corrected chi connectivity index (χ0v) is 21.7. The third kappa shape index (κ3) is 7.36. The summed E-state index contributed by atoms with van der Waals surface area (Å²) >= 11 is 1.55. The molecule has 0 amide bonds. The van der Waals surface area contributed by atoms with Crippen LogP contribution in [0.1, 0.15) is 69.8 Å². The molecule has 0 nitrogen and oxygen atoms in total. The summed E-state index contributed by atoms with van der Waals surface area (Å²) in [4.78, 5) is 0. The Kier molecular flexibility index (Phi) is 11.9. The standard InChI is InChI=1S/C23H25F17S/c24-16(25,12-9-7-5-3-1-2-4-6-8-10-15-11-13-41-14-15)17(26,27)18(28,29)19(30,31)20(32,33)21(34,35)22(36,37)23(38,39)40/h11,13-14H,1-10,12H2. The quantitative estimate of drug-likeness (QED) is 0.109. The third-order valence-electron chi connectivity index (χ3n) is 6.32. The Morgan fingerprint density at radius 3 is 1.20 bits per heavy atom. The second-order valence-electron chi connectivity index (χ2n) is 9.46. The zero-order chi connectivity index (χ0) is 32.2. The Balaban J connectivity index is 2.73. The molecule has 0 aliphatic heterocycles. The van der Waals surface area contributed by atoms with Gasteiger partial charge in [0, 0.05) is 6.42 Å². The van der Waals surface area contributed by atoms with Gasteiger partial charge in [-0.2, -0.15) is 86.0 Å². The summed E-state index contributed by atoms with van der Waals surface area (Å²) in [7, 11) is 0. The largest absolute Gasteiger partial charge is 0.460 e. The van der Waals surface area contributed by atoms with Crippen LogP contribution in [-0.2, 0) is 6.42 Å². The van der Waals surface area contributed by atoms with Crippen LogP contribution in [0.15, 0.2) is 16.8 Å². The molecule has 0 N–H and O–H groups in total. The summed E-state index contributed by atoms with van der Waals surface area (Å²) in [6.07, 6.45) is -6.25. The molecule has 0 aromatic carbocycles. The number of hydrogen-bond donors (Lipinski definition) is 0. The van der Waals surface area contributed by atoms with E-state index in [9.17, 15) is 74.6 Å². The average molecular weight is 656 g/mol. The Bertz CT molecular complexity index is 919. The van der Waals surface area contributed by atoms with Gasteiger partial charge in [-0.25, -0.2) is 0 Å². The van der Waals surface area contributed by atoms with Gasteiger partial charge in [0.25, 0.3) is 0 Å². The number of aryl methyl sites for hydroxylation is 1. The predicted molar refractivity (Wildman–Crippen MR) is 115 cm³/mol. The van der Waals surface area contributed by atoms with Crippen LogP contribution in [0.25, 0.3) is 0 Å². The molecule has 0 spiro atoms. The summed E-state index contributed by atoms with van der Waals surface area (Å²) in [5.41, 5.74) is 1.19. The molecule has 242 valence electrons. The highest BCUT2D eigenvalue weighted by atomic mass is 32.1. The lowest BCUT2D eigenvalue weighted by atomic mass is 9.87. The average Bonchev–Trinajstić information content (AvgIpc) is 3.34. The number of hydrogen-bond acceptors (Lipinski definition) is 1. The van der Waals surface area contributed by atoms with Crippen molar-refractivity contribution in [2.45, 2.75) is 118 Å². The highest BCUT2D eigenvalue weighted by Crippen LogP contribution is 2.64. The van der Waals surface area contributed by atoms with Crippen molar-refractivity contribution in [3.05, 3.63) is 22.4 Å². The highest BCUT2D eigenvalue weighted by molar-refractivity contribution is 7.07. The fourth-order valence-electron chi connectivity index (χ4n) is 3.70. The summed E-state index contributed by atoms with van der Waals surface area (Å²) in [6.45, 7) is 0. The number of alkyl halides is 17. The maximum atomic E-state index is 13.9. The first-order chi connectivity index (χ1) is 18.3. The van der Waals surface area contributed by atoms with Gasteiger partial charge in [0.1, 0.15) is 0 Å². The summed E-state index contributed by atoms with van der Waals surface area (Å²) in [6, 6.07) is 1.98. The van der Waals surface area contributed by atoms with Gasteiger partial charge in [-0.05, 0) is 41.7 Å². The van der Waals surface area contributed by atoms with Crippen molar-refractivity contribution in [3.8, 4) is 0 Å². The van der Waals surface area contributed by atoms with E-state index < -0.39 is 60.5 Å². The van der Waals surface area contributed by atoms with Gasteiger partial charge in [-0.15, -0.1) is 0 Å². The van der Waals surface area contributed by atoms with Gasteiger partial charge in [0.15, 0.2) is 0 Å². The van der Waals surface area contributed by atoms with Crippen LogP contribution in [0.3, 0.4) is 0 Å². The van der Waals surface area contributed by atoms with Crippen molar-refractivity contribution in [1.82, 2.24) is 0 Å². The van der Waals surface area contributed by atoms with Crippen LogP contribution in [0.4, 0.5) is 74.6 Å². The van der Waals surface area contributed by atoms with Crippen LogP contribution in [0, 0.1) is 0 Å². The minimum atomic E-state index is -8.58. The first-order valence-electron chi connectivity index (χ1n) is 12.1. The van der Waals surface area contributed by atoms with Crippen molar-refractivity contribution in [1.29, 1.82) is 0 Å². The molecule has 0 saturated carbocycles. The monoisotopic (exact) mass is 656 g/mol. The van der Waals surface area contributed by atoms with Gasteiger partial charge in [0.05, 0.1) is 0 Å². The van der Waals surface area contributed by atoms with E-state index in [0.29, 0.717) is 19.3 Å². The molecular weight excluding hydrogens is 631 g/mol. The lowest BCUT2D eigenvalue weighted by Gasteiger charge is -2.42. The highest BCUT2D eigenvalue weighted by Gasteiger charge is 2.95. The molecule has 0 unspecified atom stereocenters. The molecule has 0 radical (unpaired) electrons. The van der Waals surface area contributed by atoms with E-state index in [1.165, 1.54) is 5.56 Å². The van der Waals surface area contributed by atoms with E-state index in [4.69, 9.17) is 0 Å². The second kappa shape index (κ2) is 13.0. The minimum Gasteiger partial charge on any atom is -0.200 e. The number of rotatable bonds is 18. The van der Waals surface area contributed by atoms with Gasteiger partial charge in [-0.3, -0.25) is 0 Å². The summed E-state index contributed by atoms with van der Waals surface area (Å²) in [5.74, 6) is -55.7. The lowest BCUT2D eigenvalue weighted by Crippen LogP contribution is -2.74. The van der Waals surface area contributed by atoms with Crippen LogP contribution < -0.4 is 0 Å². The summed E-state index contributed by atoms with van der Waals surface area (Å²) < 4.78 is 225.